The van der Waals surface area contributed by atoms with Gasteiger partial charge in [-0.2, -0.15) is 0 Å². The molecule has 0 aliphatic carbocycles. The maximum atomic E-state index is 10.7. The molecule has 1 aromatic rings. The van der Waals surface area contributed by atoms with Crippen molar-refractivity contribution in [2.45, 2.75) is 12.5 Å². The highest BCUT2D eigenvalue weighted by Gasteiger charge is 2.24. The minimum absolute atomic E-state index is 0.121. The predicted octanol–water partition coefficient (Wildman–Crippen LogP) is 1.07. The quantitative estimate of drug-likeness (QED) is 0.838. The molecule has 2 heterocycles. The summed E-state index contributed by atoms with van der Waals surface area (Å²) in [5.41, 5.74) is 0.121. The summed E-state index contributed by atoms with van der Waals surface area (Å²) in [7, 11) is 1.69. The van der Waals surface area contributed by atoms with Crippen LogP contribution in [0.1, 0.15) is 16.9 Å². The molecule has 1 saturated heterocycles. The first kappa shape index (κ1) is 10.4. The zero-order valence-electron chi connectivity index (χ0n) is 8.34. The number of hydrogen-bond donors (Lipinski definition) is 1. The smallest absolute Gasteiger partial charge is 0.355 e. The molecule has 1 N–H and O–H groups in total. The number of aromatic nitrogens is 1. The molecule has 0 aromatic carbocycles. The van der Waals surface area contributed by atoms with Crippen LogP contribution >= 0.6 is 11.3 Å². The number of thiazole rings is 1. The van der Waals surface area contributed by atoms with Gasteiger partial charge >= 0.3 is 5.97 Å². The van der Waals surface area contributed by atoms with Gasteiger partial charge in [-0.1, -0.05) is 0 Å². The van der Waals surface area contributed by atoms with Crippen LogP contribution in [0.2, 0.25) is 0 Å². The number of hydrogen-bond acceptors (Lipinski definition) is 5. The van der Waals surface area contributed by atoms with E-state index in [2.05, 4.69) is 9.88 Å². The van der Waals surface area contributed by atoms with Gasteiger partial charge in [0.1, 0.15) is 0 Å². The van der Waals surface area contributed by atoms with Gasteiger partial charge in [0, 0.05) is 25.6 Å². The molecule has 1 fully saturated rings. The molecule has 0 bridgehead atoms. The Morgan fingerprint density at radius 3 is 3.13 bits per heavy atom. The standard InChI is InChI=1S/C9H12N2O3S/c1-14-6-2-3-11(4-6)9-10-7(5-15-9)8(12)13/h5-6H,2-4H2,1H3,(H,12,13)/t6-/m1/s1. The Bertz CT molecular complexity index is 366. The summed E-state index contributed by atoms with van der Waals surface area (Å²) in [6, 6.07) is 0. The van der Waals surface area contributed by atoms with Gasteiger partial charge in [0.05, 0.1) is 6.10 Å². The highest BCUT2D eigenvalue weighted by Crippen LogP contribution is 2.25. The van der Waals surface area contributed by atoms with Crippen LogP contribution in [-0.2, 0) is 4.74 Å². The van der Waals surface area contributed by atoms with E-state index in [-0.39, 0.29) is 11.8 Å². The lowest BCUT2D eigenvalue weighted by atomic mass is 10.3. The largest absolute Gasteiger partial charge is 0.476 e. The second kappa shape index (κ2) is 4.16. The summed E-state index contributed by atoms with van der Waals surface area (Å²) in [5, 5.41) is 11.1. The van der Waals surface area contributed by atoms with E-state index in [0.29, 0.717) is 0 Å². The molecule has 0 radical (unpaired) electrons. The molecule has 1 atom stereocenters. The van der Waals surface area contributed by atoms with E-state index < -0.39 is 5.97 Å². The molecule has 1 aromatic heterocycles. The third-order valence-electron chi connectivity index (χ3n) is 2.46. The highest BCUT2D eigenvalue weighted by atomic mass is 32.1. The highest BCUT2D eigenvalue weighted by molar-refractivity contribution is 7.13. The van der Waals surface area contributed by atoms with Gasteiger partial charge in [0.2, 0.25) is 0 Å². The Hall–Kier alpha value is -1.14. The molecule has 2 rings (SSSR count). The average molecular weight is 228 g/mol. The average Bonchev–Trinajstić information content (AvgIpc) is 2.86. The Morgan fingerprint density at radius 1 is 1.80 bits per heavy atom. The van der Waals surface area contributed by atoms with Crippen LogP contribution in [0.3, 0.4) is 0 Å². The van der Waals surface area contributed by atoms with Crippen LogP contribution in [0.15, 0.2) is 5.38 Å². The number of carboxylic acids is 1. The number of ether oxygens (including phenoxy) is 1. The van der Waals surface area contributed by atoms with E-state index in [1.807, 2.05) is 0 Å². The van der Waals surface area contributed by atoms with E-state index in [9.17, 15) is 4.79 Å². The van der Waals surface area contributed by atoms with Crippen molar-refractivity contribution in [1.29, 1.82) is 0 Å². The zero-order valence-corrected chi connectivity index (χ0v) is 9.16. The fourth-order valence-electron chi connectivity index (χ4n) is 1.60. The van der Waals surface area contributed by atoms with E-state index in [1.54, 1.807) is 12.5 Å². The third-order valence-corrected chi connectivity index (χ3v) is 3.36. The molecule has 1 aliphatic heterocycles. The van der Waals surface area contributed by atoms with Crippen LogP contribution in [0.4, 0.5) is 5.13 Å². The monoisotopic (exact) mass is 228 g/mol. The minimum atomic E-state index is -0.972. The van der Waals surface area contributed by atoms with Crippen LogP contribution in [0.5, 0.6) is 0 Å². The van der Waals surface area contributed by atoms with Crippen LogP contribution in [-0.4, -0.2) is 42.4 Å². The fraction of sp³-hybridized carbons (Fsp3) is 0.556. The molecule has 82 valence electrons. The van der Waals surface area contributed by atoms with Gasteiger partial charge in [-0.05, 0) is 6.42 Å². The van der Waals surface area contributed by atoms with Crippen LogP contribution in [0, 0.1) is 0 Å². The van der Waals surface area contributed by atoms with Crippen molar-refractivity contribution in [1.82, 2.24) is 4.98 Å². The summed E-state index contributed by atoms with van der Waals surface area (Å²) in [6.45, 7) is 1.67. The summed E-state index contributed by atoms with van der Waals surface area (Å²) < 4.78 is 5.24. The molecule has 0 spiro atoms. The first-order chi connectivity index (χ1) is 7.20. The minimum Gasteiger partial charge on any atom is -0.476 e. The van der Waals surface area contributed by atoms with E-state index in [0.717, 1.165) is 24.6 Å². The summed E-state index contributed by atoms with van der Waals surface area (Å²) in [6.07, 6.45) is 1.21. The zero-order chi connectivity index (χ0) is 10.8. The lowest BCUT2D eigenvalue weighted by Crippen LogP contribution is -2.22. The van der Waals surface area contributed by atoms with E-state index >= 15 is 0 Å². The third kappa shape index (κ3) is 2.10. The summed E-state index contributed by atoms with van der Waals surface area (Å²) in [4.78, 5) is 16.8. The van der Waals surface area contributed by atoms with E-state index in [1.165, 1.54) is 11.3 Å². The Kier molecular flexibility index (Phi) is 2.88. The molecule has 5 nitrogen and oxygen atoms in total. The lowest BCUT2D eigenvalue weighted by Gasteiger charge is -2.13. The molecular formula is C9H12N2O3S. The second-order valence-electron chi connectivity index (χ2n) is 3.41. The number of nitrogens with zero attached hydrogens (tertiary/aromatic N) is 2. The van der Waals surface area contributed by atoms with Crippen molar-refractivity contribution in [2.24, 2.45) is 0 Å². The van der Waals surface area contributed by atoms with Gasteiger partial charge in [0.25, 0.3) is 0 Å². The first-order valence-electron chi connectivity index (χ1n) is 4.67. The van der Waals surface area contributed by atoms with Crippen LogP contribution < -0.4 is 4.90 Å². The number of methoxy groups -OCH3 is 1. The molecular weight excluding hydrogens is 216 g/mol. The topological polar surface area (TPSA) is 62.7 Å². The first-order valence-corrected chi connectivity index (χ1v) is 5.55. The van der Waals surface area contributed by atoms with E-state index in [4.69, 9.17) is 9.84 Å². The van der Waals surface area contributed by atoms with Gasteiger partial charge < -0.3 is 14.7 Å². The molecule has 15 heavy (non-hydrogen) atoms. The van der Waals surface area contributed by atoms with Crippen molar-refractivity contribution in [3.05, 3.63) is 11.1 Å². The maximum absolute atomic E-state index is 10.7. The summed E-state index contributed by atoms with van der Waals surface area (Å²) >= 11 is 1.37. The SMILES string of the molecule is CO[C@@H]1CCN(c2nc(C(=O)O)cs2)C1. The number of carboxylic acid groups (broad SMARTS) is 1. The van der Waals surface area contributed by atoms with Crippen LogP contribution in [0.25, 0.3) is 0 Å². The summed E-state index contributed by atoms with van der Waals surface area (Å²) in [5.74, 6) is -0.972. The number of rotatable bonds is 3. The molecule has 0 amide bonds. The van der Waals surface area contributed by atoms with Gasteiger partial charge in [0.15, 0.2) is 10.8 Å². The Morgan fingerprint density at radius 2 is 2.60 bits per heavy atom. The number of anilines is 1. The second-order valence-corrected chi connectivity index (χ2v) is 4.25. The normalized spacial score (nSPS) is 20.9. The number of aromatic carboxylic acids is 1. The van der Waals surface area contributed by atoms with Crippen molar-refractivity contribution >= 4 is 22.4 Å². The predicted molar refractivity (Wildman–Crippen MR) is 56.7 cm³/mol. The fourth-order valence-corrected chi connectivity index (χ4v) is 2.44. The molecule has 6 heteroatoms. The molecule has 0 saturated carbocycles. The number of carbonyl (C=O) groups is 1. The van der Waals surface area contributed by atoms with Crippen molar-refractivity contribution < 1.29 is 14.6 Å². The van der Waals surface area contributed by atoms with Gasteiger partial charge in [-0.3, -0.25) is 0 Å². The van der Waals surface area contributed by atoms with Crippen molar-refractivity contribution in [3.8, 4) is 0 Å². The lowest BCUT2D eigenvalue weighted by molar-refractivity contribution is 0.0691. The van der Waals surface area contributed by atoms with Crippen molar-refractivity contribution in [2.75, 3.05) is 25.1 Å². The van der Waals surface area contributed by atoms with Gasteiger partial charge in [-0.25, -0.2) is 9.78 Å². The Labute approximate surface area is 91.3 Å². The van der Waals surface area contributed by atoms with Crippen molar-refractivity contribution in [3.63, 3.8) is 0 Å². The molecule has 1 aliphatic rings. The maximum Gasteiger partial charge on any atom is 0.355 e. The van der Waals surface area contributed by atoms with Gasteiger partial charge in [-0.15, -0.1) is 11.3 Å². The Balaban J connectivity index is 2.07. The molecule has 0 unspecified atom stereocenters.